The first kappa shape index (κ1) is 25.7. The number of hydrogen-bond donors (Lipinski definition) is 1. The van der Waals surface area contributed by atoms with E-state index in [4.69, 9.17) is 0 Å². The number of hydrogen-bond acceptors (Lipinski definition) is 4. The van der Waals surface area contributed by atoms with Crippen LogP contribution >= 0.6 is 11.8 Å². The van der Waals surface area contributed by atoms with E-state index in [9.17, 15) is 4.79 Å². The van der Waals surface area contributed by atoms with E-state index in [-0.39, 0.29) is 11.7 Å². The van der Waals surface area contributed by atoms with Gasteiger partial charge in [-0.05, 0) is 61.1 Å². The average Bonchev–Trinajstić information content (AvgIpc) is 3.31. The summed E-state index contributed by atoms with van der Waals surface area (Å²) in [6.45, 7) is 8.59. The lowest BCUT2D eigenvalue weighted by molar-refractivity contribution is -0.113. The lowest BCUT2D eigenvalue weighted by Gasteiger charge is -2.12. The molecule has 0 unspecified atom stereocenters. The number of unbranched alkanes of at least 4 members (excludes halogenated alkanes) is 1. The molecule has 0 aliphatic carbocycles. The van der Waals surface area contributed by atoms with Crippen LogP contribution in [0.15, 0.2) is 78.0 Å². The van der Waals surface area contributed by atoms with Crippen molar-refractivity contribution in [2.75, 3.05) is 11.1 Å². The molecule has 1 N–H and O–H groups in total. The molecule has 0 aliphatic heterocycles. The molecule has 0 spiro atoms. The minimum absolute atomic E-state index is 0.0707. The fourth-order valence-electron chi connectivity index (χ4n) is 3.96. The Morgan fingerprint density at radius 2 is 1.64 bits per heavy atom. The Bertz CT molecular complexity index is 1280. The topological polar surface area (TPSA) is 59.8 Å². The Morgan fingerprint density at radius 3 is 2.28 bits per heavy atom. The average molecular weight is 499 g/mol. The molecule has 5 nitrogen and oxygen atoms in total. The highest BCUT2D eigenvalue weighted by molar-refractivity contribution is 7.99. The molecule has 4 aromatic rings. The number of carbonyl (C=O) groups excluding carboxylic acids is 1. The summed E-state index contributed by atoms with van der Waals surface area (Å²) in [5, 5.41) is 12.7. The number of benzene rings is 3. The van der Waals surface area contributed by atoms with Gasteiger partial charge in [0.2, 0.25) is 5.91 Å². The van der Waals surface area contributed by atoms with Crippen LogP contribution in [-0.4, -0.2) is 26.4 Å². The van der Waals surface area contributed by atoms with Crippen molar-refractivity contribution in [3.05, 3.63) is 89.5 Å². The van der Waals surface area contributed by atoms with E-state index in [2.05, 4.69) is 104 Å². The van der Waals surface area contributed by atoms with E-state index in [1.54, 1.807) is 0 Å². The van der Waals surface area contributed by atoms with Gasteiger partial charge in [-0.1, -0.05) is 93.0 Å². The normalized spacial score (nSPS) is 11.1. The lowest BCUT2D eigenvalue weighted by atomic mass is 10.0. The number of nitrogens with one attached hydrogen (secondary N) is 1. The van der Waals surface area contributed by atoms with Gasteiger partial charge in [0.05, 0.1) is 5.75 Å². The van der Waals surface area contributed by atoms with Gasteiger partial charge in [-0.2, -0.15) is 0 Å². The standard InChI is InChI=1S/C30H34N4OS/c1-5-6-7-23-10-18-27(19-11-23)34-29(25-12-8-22(4)9-13-25)32-33-30(34)36-20-28(35)31-26-16-14-24(15-17-26)21(2)3/h8-19,21H,5-7,20H2,1-4H3,(H,31,35). The number of thioether (sulfide) groups is 1. The number of rotatable bonds is 10. The van der Waals surface area contributed by atoms with E-state index in [0.717, 1.165) is 29.2 Å². The van der Waals surface area contributed by atoms with Gasteiger partial charge in [-0.15, -0.1) is 10.2 Å². The molecule has 0 bridgehead atoms. The molecule has 1 heterocycles. The maximum Gasteiger partial charge on any atom is 0.234 e. The van der Waals surface area contributed by atoms with Crippen LogP contribution in [0, 0.1) is 6.92 Å². The monoisotopic (exact) mass is 498 g/mol. The zero-order chi connectivity index (χ0) is 25.5. The van der Waals surface area contributed by atoms with Crippen LogP contribution in [0.4, 0.5) is 5.69 Å². The molecule has 186 valence electrons. The van der Waals surface area contributed by atoms with Crippen LogP contribution in [-0.2, 0) is 11.2 Å². The molecule has 0 saturated heterocycles. The van der Waals surface area contributed by atoms with Gasteiger partial charge in [0, 0.05) is 16.9 Å². The van der Waals surface area contributed by atoms with Gasteiger partial charge in [0.25, 0.3) is 0 Å². The third-order valence-corrected chi connectivity index (χ3v) is 7.08. The van der Waals surface area contributed by atoms with Gasteiger partial charge < -0.3 is 5.32 Å². The zero-order valence-electron chi connectivity index (χ0n) is 21.5. The number of aromatic nitrogens is 3. The highest BCUT2D eigenvalue weighted by Gasteiger charge is 2.17. The first-order chi connectivity index (χ1) is 17.4. The molecule has 0 aliphatic rings. The number of carbonyl (C=O) groups is 1. The van der Waals surface area contributed by atoms with E-state index < -0.39 is 0 Å². The summed E-state index contributed by atoms with van der Waals surface area (Å²) >= 11 is 1.39. The van der Waals surface area contributed by atoms with Crippen LogP contribution in [0.5, 0.6) is 0 Å². The second-order valence-corrected chi connectivity index (χ2v) is 10.3. The second kappa shape index (κ2) is 12.0. The van der Waals surface area contributed by atoms with Gasteiger partial charge in [0.15, 0.2) is 11.0 Å². The molecule has 0 saturated carbocycles. The molecule has 0 atom stereocenters. The molecule has 6 heteroatoms. The maximum absolute atomic E-state index is 12.7. The van der Waals surface area contributed by atoms with Gasteiger partial charge in [-0.3, -0.25) is 9.36 Å². The minimum atomic E-state index is -0.0707. The van der Waals surface area contributed by atoms with E-state index in [1.807, 2.05) is 16.7 Å². The van der Waals surface area contributed by atoms with Crippen LogP contribution in [0.3, 0.4) is 0 Å². The fraction of sp³-hybridized carbons (Fsp3) is 0.300. The molecular formula is C30H34N4OS. The first-order valence-electron chi connectivity index (χ1n) is 12.6. The molecule has 3 aromatic carbocycles. The van der Waals surface area contributed by atoms with Crippen molar-refractivity contribution in [3.63, 3.8) is 0 Å². The van der Waals surface area contributed by atoms with Crippen LogP contribution in [0.25, 0.3) is 17.1 Å². The van der Waals surface area contributed by atoms with E-state index in [0.29, 0.717) is 11.1 Å². The third kappa shape index (κ3) is 6.43. The smallest absolute Gasteiger partial charge is 0.234 e. The van der Waals surface area contributed by atoms with Gasteiger partial charge in [0.1, 0.15) is 0 Å². The van der Waals surface area contributed by atoms with Crippen molar-refractivity contribution in [2.45, 2.75) is 58.0 Å². The predicted octanol–water partition coefficient (Wildman–Crippen LogP) is 7.44. The van der Waals surface area contributed by atoms with Gasteiger partial charge in [-0.25, -0.2) is 0 Å². The van der Waals surface area contributed by atoms with Crippen molar-refractivity contribution < 1.29 is 4.79 Å². The first-order valence-corrected chi connectivity index (χ1v) is 13.6. The van der Waals surface area contributed by atoms with Gasteiger partial charge >= 0.3 is 0 Å². The minimum Gasteiger partial charge on any atom is -0.325 e. The SMILES string of the molecule is CCCCc1ccc(-n2c(SCC(=O)Nc3ccc(C(C)C)cc3)nnc2-c2ccc(C)cc2)cc1. The number of anilines is 1. The number of nitrogens with zero attached hydrogens (tertiary/aromatic N) is 3. The Labute approximate surface area is 218 Å². The van der Waals surface area contributed by atoms with Crippen molar-refractivity contribution in [1.29, 1.82) is 0 Å². The Kier molecular flexibility index (Phi) is 8.60. The third-order valence-electron chi connectivity index (χ3n) is 6.15. The Balaban J connectivity index is 1.55. The van der Waals surface area contributed by atoms with Crippen molar-refractivity contribution >= 4 is 23.4 Å². The maximum atomic E-state index is 12.7. The second-order valence-electron chi connectivity index (χ2n) is 9.39. The summed E-state index contributed by atoms with van der Waals surface area (Å²) in [6.07, 6.45) is 3.43. The number of amides is 1. The molecule has 0 radical (unpaired) electrons. The van der Waals surface area contributed by atoms with Crippen molar-refractivity contribution in [1.82, 2.24) is 14.8 Å². The van der Waals surface area contributed by atoms with Crippen LogP contribution in [0.1, 0.15) is 56.2 Å². The van der Waals surface area contributed by atoms with E-state index in [1.165, 1.54) is 41.3 Å². The van der Waals surface area contributed by atoms with Crippen molar-refractivity contribution in [3.8, 4) is 17.1 Å². The lowest BCUT2D eigenvalue weighted by Crippen LogP contribution is -2.14. The summed E-state index contributed by atoms with van der Waals surface area (Å²) in [5.41, 5.74) is 6.54. The summed E-state index contributed by atoms with van der Waals surface area (Å²) in [7, 11) is 0. The summed E-state index contributed by atoms with van der Waals surface area (Å²) < 4.78 is 2.05. The molecule has 36 heavy (non-hydrogen) atoms. The molecule has 1 aromatic heterocycles. The zero-order valence-corrected chi connectivity index (χ0v) is 22.3. The molecule has 0 fully saturated rings. The largest absolute Gasteiger partial charge is 0.325 e. The summed E-state index contributed by atoms with van der Waals surface area (Å²) in [4.78, 5) is 12.7. The Morgan fingerprint density at radius 1 is 0.944 bits per heavy atom. The fourth-order valence-corrected chi connectivity index (χ4v) is 4.71. The summed E-state index contributed by atoms with van der Waals surface area (Å²) in [5.74, 6) is 1.40. The number of aryl methyl sites for hydroxylation is 2. The predicted molar refractivity (Wildman–Crippen MR) is 150 cm³/mol. The van der Waals surface area contributed by atoms with Crippen molar-refractivity contribution in [2.24, 2.45) is 0 Å². The van der Waals surface area contributed by atoms with Crippen LogP contribution in [0.2, 0.25) is 0 Å². The quantitative estimate of drug-likeness (QED) is 0.231. The van der Waals surface area contributed by atoms with E-state index >= 15 is 0 Å². The highest BCUT2D eigenvalue weighted by atomic mass is 32.2. The molecular weight excluding hydrogens is 464 g/mol. The highest BCUT2D eigenvalue weighted by Crippen LogP contribution is 2.29. The summed E-state index contributed by atoms with van der Waals surface area (Å²) in [6, 6.07) is 24.9. The molecule has 4 rings (SSSR count). The molecule has 1 amide bonds. The van der Waals surface area contributed by atoms with Crippen LogP contribution < -0.4 is 5.32 Å². The Hall–Kier alpha value is -3.38.